The van der Waals surface area contributed by atoms with Gasteiger partial charge in [-0.05, 0) is 17.7 Å². The molecule has 1 aromatic heterocycles. The van der Waals surface area contributed by atoms with Gasteiger partial charge in [-0.2, -0.15) is 0 Å². The van der Waals surface area contributed by atoms with Gasteiger partial charge in [-0.3, -0.25) is 14.7 Å². The van der Waals surface area contributed by atoms with E-state index in [1.54, 1.807) is 0 Å². The van der Waals surface area contributed by atoms with Gasteiger partial charge in [0, 0.05) is 19.2 Å². The Hall–Kier alpha value is -2.28. The van der Waals surface area contributed by atoms with Crippen LogP contribution >= 0.6 is 0 Å². The first-order valence-electron chi connectivity index (χ1n) is 5.76. The normalized spacial score (nSPS) is 10.8. The van der Waals surface area contributed by atoms with Crippen LogP contribution in [-0.2, 0) is 11.3 Å². The topological polar surface area (TPSA) is 64.1 Å². The van der Waals surface area contributed by atoms with Crippen LogP contribution in [0.4, 0.5) is 8.78 Å². The number of aromatic amines is 1. The average molecular weight is 282 g/mol. The molecule has 1 N–H and O–H groups in total. The summed E-state index contributed by atoms with van der Waals surface area (Å²) >= 11 is 0. The molecule has 0 atom stereocenters. The van der Waals surface area contributed by atoms with Gasteiger partial charge in [-0.15, -0.1) is 0 Å². The number of hydrogen-bond acceptors (Lipinski definition) is 3. The summed E-state index contributed by atoms with van der Waals surface area (Å²) in [6.07, 6.45) is 0. The predicted octanol–water partition coefficient (Wildman–Crippen LogP) is 1.33. The van der Waals surface area contributed by atoms with E-state index in [1.807, 2.05) is 0 Å². The number of aromatic nitrogens is 2. The van der Waals surface area contributed by atoms with Crippen molar-refractivity contribution in [2.45, 2.75) is 6.54 Å². The van der Waals surface area contributed by atoms with E-state index in [0.29, 0.717) is 0 Å². The Kier molecular flexibility index (Phi) is 4.09. The first-order chi connectivity index (χ1) is 9.49. The number of ether oxygens (including phenoxy) is 1. The maximum atomic E-state index is 13.1. The summed E-state index contributed by atoms with van der Waals surface area (Å²) in [5, 5.41) is 2.58. The first kappa shape index (κ1) is 14.1. The lowest BCUT2D eigenvalue weighted by molar-refractivity contribution is 0.0842. The Labute approximate surface area is 112 Å². The molecule has 0 aliphatic carbocycles. The Morgan fingerprint density at radius 3 is 2.50 bits per heavy atom. The highest BCUT2D eigenvalue weighted by atomic mass is 19.1. The van der Waals surface area contributed by atoms with Crippen molar-refractivity contribution >= 4 is 5.78 Å². The number of carbonyl (C=O) groups excluding carboxylic acids is 1. The molecule has 7 heteroatoms. The molecule has 0 aliphatic heterocycles. The van der Waals surface area contributed by atoms with Crippen LogP contribution in [0.1, 0.15) is 16.1 Å². The number of carbonyl (C=O) groups is 1. The molecule has 1 aromatic carbocycles. The number of H-pyrrole nitrogens is 1. The zero-order valence-electron chi connectivity index (χ0n) is 10.7. The Bertz CT molecular complexity index is 671. The van der Waals surface area contributed by atoms with Gasteiger partial charge in [0.05, 0.1) is 6.54 Å². The number of Topliss-reactive ketones (excluding diaryl/α,β-unsaturated/α-hetero) is 1. The van der Waals surface area contributed by atoms with Crippen molar-refractivity contribution in [1.82, 2.24) is 9.78 Å². The number of halogens is 2. The number of benzene rings is 1. The highest BCUT2D eigenvalue weighted by molar-refractivity contribution is 5.95. The minimum atomic E-state index is -0.727. The fraction of sp³-hybridized carbons (Fsp3) is 0.231. The molecule has 5 nitrogen and oxygen atoms in total. The van der Waals surface area contributed by atoms with Gasteiger partial charge in [0.15, 0.2) is 0 Å². The predicted molar refractivity (Wildman–Crippen MR) is 66.7 cm³/mol. The van der Waals surface area contributed by atoms with Crippen LogP contribution in [0, 0.1) is 11.6 Å². The van der Waals surface area contributed by atoms with Gasteiger partial charge in [0.1, 0.15) is 23.9 Å². The largest absolute Gasteiger partial charge is 0.376 e. The lowest BCUT2D eigenvalue weighted by Crippen LogP contribution is -2.17. The fourth-order valence-electron chi connectivity index (χ4n) is 1.79. The molecule has 20 heavy (non-hydrogen) atoms. The number of nitrogens with one attached hydrogen (secondary N) is 1. The summed E-state index contributed by atoms with van der Waals surface area (Å²) < 4.78 is 31.9. The SMILES string of the molecule is COCC(=O)c1cc(=O)n(Cc2cc(F)cc(F)c2)[nH]1. The van der Waals surface area contributed by atoms with Gasteiger partial charge in [0.25, 0.3) is 5.56 Å². The van der Waals surface area contributed by atoms with E-state index in [0.717, 1.165) is 28.9 Å². The zero-order chi connectivity index (χ0) is 14.7. The average Bonchev–Trinajstić information content (AvgIpc) is 2.70. The Balaban J connectivity index is 2.25. The fourth-order valence-corrected chi connectivity index (χ4v) is 1.79. The maximum Gasteiger partial charge on any atom is 0.267 e. The second kappa shape index (κ2) is 5.79. The van der Waals surface area contributed by atoms with Crippen LogP contribution in [-0.4, -0.2) is 29.3 Å². The van der Waals surface area contributed by atoms with Crippen molar-refractivity contribution in [3.63, 3.8) is 0 Å². The Morgan fingerprint density at radius 2 is 1.90 bits per heavy atom. The van der Waals surface area contributed by atoms with E-state index >= 15 is 0 Å². The molecule has 0 fully saturated rings. The number of rotatable bonds is 5. The highest BCUT2D eigenvalue weighted by Crippen LogP contribution is 2.08. The molecular weight excluding hydrogens is 270 g/mol. The summed E-state index contributed by atoms with van der Waals surface area (Å²) in [7, 11) is 1.36. The molecule has 0 unspecified atom stereocenters. The van der Waals surface area contributed by atoms with Gasteiger partial charge in [0.2, 0.25) is 5.78 Å². The molecule has 2 rings (SSSR count). The van der Waals surface area contributed by atoms with Crippen LogP contribution in [0.3, 0.4) is 0 Å². The zero-order valence-corrected chi connectivity index (χ0v) is 10.7. The second-order valence-electron chi connectivity index (χ2n) is 4.23. The summed E-state index contributed by atoms with van der Waals surface area (Å²) in [6.45, 7) is -0.220. The van der Waals surface area contributed by atoms with E-state index in [-0.39, 0.29) is 30.2 Å². The van der Waals surface area contributed by atoms with Crippen LogP contribution in [0.15, 0.2) is 29.1 Å². The van der Waals surface area contributed by atoms with Crippen LogP contribution in [0.25, 0.3) is 0 Å². The molecule has 0 aliphatic rings. The molecule has 1 heterocycles. The van der Waals surface area contributed by atoms with E-state index in [9.17, 15) is 18.4 Å². The van der Waals surface area contributed by atoms with Crippen molar-refractivity contribution < 1.29 is 18.3 Å². The highest BCUT2D eigenvalue weighted by Gasteiger charge is 2.11. The van der Waals surface area contributed by atoms with E-state index < -0.39 is 17.2 Å². The number of methoxy groups -OCH3 is 1. The van der Waals surface area contributed by atoms with Crippen molar-refractivity contribution in [3.8, 4) is 0 Å². The van der Waals surface area contributed by atoms with Crippen LogP contribution in [0.5, 0.6) is 0 Å². The monoisotopic (exact) mass is 282 g/mol. The summed E-state index contributed by atoms with van der Waals surface area (Å²) in [5.74, 6) is -1.83. The molecular formula is C13H12F2N2O3. The van der Waals surface area contributed by atoms with Gasteiger partial charge in [-0.1, -0.05) is 0 Å². The molecule has 0 spiro atoms. The standard InChI is InChI=1S/C13H12F2N2O3/c1-20-7-12(18)11-5-13(19)17(16-11)6-8-2-9(14)4-10(15)3-8/h2-5,16H,6-7H2,1H3. The lowest BCUT2D eigenvalue weighted by atomic mass is 10.2. The van der Waals surface area contributed by atoms with Gasteiger partial charge in [-0.25, -0.2) is 13.5 Å². The first-order valence-corrected chi connectivity index (χ1v) is 5.76. The molecule has 106 valence electrons. The quantitative estimate of drug-likeness (QED) is 0.841. The minimum Gasteiger partial charge on any atom is -0.376 e. The number of hydrogen-bond donors (Lipinski definition) is 1. The van der Waals surface area contributed by atoms with Crippen LogP contribution in [0.2, 0.25) is 0 Å². The lowest BCUT2D eigenvalue weighted by Gasteiger charge is -2.03. The smallest absolute Gasteiger partial charge is 0.267 e. The summed E-state index contributed by atoms with van der Waals surface area (Å²) in [4.78, 5) is 23.2. The molecule has 2 aromatic rings. The number of nitrogens with zero attached hydrogens (tertiary/aromatic N) is 1. The summed E-state index contributed by atoms with van der Waals surface area (Å²) in [5.41, 5.74) is -0.0972. The second-order valence-corrected chi connectivity index (χ2v) is 4.23. The third-order valence-electron chi connectivity index (χ3n) is 2.63. The van der Waals surface area contributed by atoms with Gasteiger partial charge >= 0.3 is 0 Å². The van der Waals surface area contributed by atoms with Crippen molar-refractivity contribution in [2.24, 2.45) is 0 Å². The van der Waals surface area contributed by atoms with E-state index in [1.165, 1.54) is 7.11 Å². The number of ketones is 1. The third kappa shape index (κ3) is 3.18. The molecule has 0 bridgehead atoms. The van der Waals surface area contributed by atoms with Crippen molar-refractivity contribution in [1.29, 1.82) is 0 Å². The van der Waals surface area contributed by atoms with Crippen molar-refractivity contribution in [2.75, 3.05) is 13.7 Å². The van der Waals surface area contributed by atoms with Gasteiger partial charge < -0.3 is 4.74 Å². The Morgan fingerprint density at radius 1 is 1.25 bits per heavy atom. The van der Waals surface area contributed by atoms with Crippen LogP contribution < -0.4 is 5.56 Å². The van der Waals surface area contributed by atoms with E-state index in [2.05, 4.69) is 9.84 Å². The molecule has 0 radical (unpaired) electrons. The molecule has 0 saturated heterocycles. The van der Waals surface area contributed by atoms with Crippen molar-refractivity contribution in [3.05, 3.63) is 57.5 Å². The van der Waals surface area contributed by atoms with E-state index in [4.69, 9.17) is 0 Å². The molecule has 0 amide bonds. The maximum absolute atomic E-state index is 13.1. The molecule has 0 saturated carbocycles. The summed E-state index contributed by atoms with van der Waals surface area (Å²) in [6, 6.07) is 4.10. The third-order valence-corrected chi connectivity index (χ3v) is 2.63. The minimum absolute atomic E-state index is 0.0617.